The largest absolute Gasteiger partial charge is 0.457 e. The molecule has 5 heteroatoms. The summed E-state index contributed by atoms with van der Waals surface area (Å²) in [7, 11) is 0. The van der Waals surface area contributed by atoms with Gasteiger partial charge in [0.2, 0.25) is 0 Å². The summed E-state index contributed by atoms with van der Waals surface area (Å²) in [6, 6.07) is 9.49. The maximum atomic E-state index is 11.9. The van der Waals surface area contributed by atoms with Crippen LogP contribution >= 0.6 is 0 Å². The van der Waals surface area contributed by atoms with Crippen LogP contribution < -0.4 is 0 Å². The Morgan fingerprint density at radius 3 is 2.70 bits per heavy atom. The fourth-order valence-electron chi connectivity index (χ4n) is 1.64. The molecule has 0 atom stereocenters. The zero-order valence-electron chi connectivity index (χ0n) is 11.6. The van der Waals surface area contributed by atoms with Crippen molar-refractivity contribution in [2.45, 2.75) is 26.0 Å². The highest BCUT2D eigenvalue weighted by Crippen LogP contribution is 2.14. The molecular weight excluding hydrogens is 256 g/mol. The average molecular weight is 274 g/mol. The molecule has 0 fully saturated rings. The van der Waals surface area contributed by atoms with E-state index in [1.54, 1.807) is 10.9 Å². The number of aromatic nitrogens is 2. The Morgan fingerprint density at radius 1 is 1.35 bits per heavy atom. The number of hydrogen-bond donors (Lipinski definition) is 1. The van der Waals surface area contributed by atoms with Crippen LogP contribution in [-0.2, 0) is 16.9 Å². The molecular formula is C15H18N2O3. The number of esters is 1. The normalized spacial score (nSPS) is 11.3. The van der Waals surface area contributed by atoms with Crippen LogP contribution in [0, 0.1) is 0 Å². The average Bonchev–Trinajstić information content (AvgIpc) is 2.96. The fraction of sp³-hybridized carbons (Fsp3) is 0.333. The highest BCUT2D eigenvalue weighted by atomic mass is 16.5. The van der Waals surface area contributed by atoms with Crippen LogP contribution in [-0.4, -0.2) is 27.5 Å². The van der Waals surface area contributed by atoms with Gasteiger partial charge in [-0.2, -0.15) is 5.10 Å². The quantitative estimate of drug-likeness (QED) is 0.847. The molecule has 0 saturated carbocycles. The smallest absolute Gasteiger partial charge is 0.341 e. The van der Waals surface area contributed by atoms with Gasteiger partial charge in [-0.3, -0.25) is 4.68 Å². The van der Waals surface area contributed by atoms with Gasteiger partial charge in [0, 0.05) is 6.20 Å². The van der Waals surface area contributed by atoms with E-state index in [9.17, 15) is 9.90 Å². The first-order chi connectivity index (χ1) is 9.53. The monoisotopic (exact) mass is 274 g/mol. The third-order valence-electron chi connectivity index (χ3n) is 3.04. The van der Waals surface area contributed by atoms with Gasteiger partial charge in [0.25, 0.3) is 0 Å². The Bertz CT molecular complexity index is 576. The minimum Gasteiger partial charge on any atom is -0.457 e. The van der Waals surface area contributed by atoms with E-state index in [0.29, 0.717) is 5.56 Å². The van der Waals surface area contributed by atoms with Crippen molar-refractivity contribution in [2.75, 3.05) is 6.61 Å². The van der Waals surface area contributed by atoms with Crippen LogP contribution in [0.5, 0.6) is 0 Å². The topological polar surface area (TPSA) is 64.4 Å². The van der Waals surface area contributed by atoms with Crippen molar-refractivity contribution in [1.82, 2.24) is 9.78 Å². The predicted octanol–water partition coefficient (Wildman–Crippen LogP) is 1.97. The van der Waals surface area contributed by atoms with Gasteiger partial charge in [-0.25, -0.2) is 4.79 Å². The van der Waals surface area contributed by atoms with Gasteiger partial charge < -0.3 is 9.84 Å². The number of carbonyl (C=O) groups is 1. The molecule has 0 amide bonds. The van der Waals surface area contributed by atoms with Gasteiger partial charge in [0.05, 0.1) is 23.9 Å². The number of benzene rings is 1. The lowest BCUT2D eigenvalue weighted by Crippen LogP contribution is -2.30. The van der Waals surface area contributed by atoms with Crippen molar-refractivity contribution in [3.8, 4) is 0 Å². The van der Waals surface area contributed by atoms with Crippen molar-refractivity contribution >= 4 is 5.97 Å². The maximum Gasteiger partial charge on any atom is 0.341 e. The van der Waals surface area contributed by atoms with Gasteiger partial charge in [-0.1, -0.05) is 30.3 Å². The molecule has 5 nitrogen and oxygen atoms in total. The Balaban J connectivity index is 2.00. The van der Waals surface area contributed by atoms with Crippen LogP contribution in [0.25, 0.3) is 0 Å². The van der Waals surface area contributed by atoms with Crippen molar-refractivity contribution in [3.05, 3.63) is 53.9 Å². The standard InChI is InChI=1S/C15H18N2O3/c1-15(2,11-18)17-9-13(8-16-17)14(19)20-10-12-6-4-3-5-7-12/h3-9,18H,10-11H2,1-2H3. The van der Waals surface area contributed by atoms with Crippen LogP contribution in [0.2, 0.25) is 0 Å². The molecule has 0 aliphatic rings. The number of aliphatic hydroxyl groups is 1. The second-order valence-electron chi connectivity index (χ2n) is 5.21. The van der Waals surface area contributed by atoms with E-state index in [4.69, 9.17) is 4.74 Å². The molecule has 1 heterocycles. The summed E-state index contributed by atoms with van der Waals surface area (Å²) in [5, 5.41) is 13.4. The fourth-order valence-corrected chi connectivity index (χ4v) is 1.64. The van der Waals surface area contributed by atoms with Gasteiger partial charge in [0.15, 0.2) is 0 Å². The molecule has 0 aliphatic heterocycles. The molecule has 1 N–H and O–H groups in total. The molecule has 2 aromatic rings. The lowest BCUT2D eigenvalue weighted by atomic mass is 10.1. The van der Waals surface area contributed by atoms with Crippen LogP contribution in [0.15, 0.2) is 42.7 Å². The summed E-state index contributed by atoms with van der Waals surface area (Å²) in [6.07, 6.45) is 3.04. The first-order valence-corrected chi connectivity index (χ1v) is 6.40. The van der Waals surface area contributed by atoms with Crippen LogP contribution in [0.4, 0.5) is 0 Å². The van der Waals surface area contributed by atoms with Crippen LogP contribution in [0.3, 0.4) is 0 Å². The Morgan fingerprint density at radius 2 is 2.05 bits per heavy atom. The first kappa shape index (κ1) is 14.3. The lowest BCUT2D eigenvalue weighted by Gasteiger charge is -2.21. The van der Waals surface area contributed by atoms with E-state index >= 15 is 0 Å². The number of hydrogen-bond acceptors (Lipinski definition) is 4. The van der Waals surface area contributed by atoms with Gasteiger partial charge in [0.1, 0.15) is 6.61 Å². The SMILES string of the molecule is CC(C)(CO)n1cc(C(=O)OCc2ccccc2)cn1. The second kappa shape index (κ2) is 5.88. The summed E-state index contributed by atoms with van der Waals surface area (Å²) < 4.78 is 6.78. The molecule has 1 aromatic carbocycles. The summed E-state index contributed by atoms with van der Waals surface area (Å²) in [4.78, 5) is 11.9. The molecule has 0 spiro atoms. The van der Waals surface area contributed by atoms with E-state index < -0.39 is 11.5 Å². The van der Waals surface area contributed by atoms with Gasteiger partial charge in [-0.05, 0) is 19.4 Å². The van der Waals surface area contributed by atoms with Crippen molar-refractivity contribution in [2.24, 2.45) is 0 Å². The zero-order chi connectivity index (χ0) is 14.6. The number of carbonyl (C=O) groups excluding carboxylic acids is 1. The van der Waals surface area contributed by atoms with Crippen molar-refractivity contribution < 1.29 is 14.6 Å². The highest BCUT2D eigenvalue weighted by Gasteiger charge is 2.21. The molecule has 0 saturated heterocycles. The summed E-state index contributed by atoms with van der Waals surface area (Å²) in [5.41, 5.74) is 0.768. The molecule has 0 bridgehead atoms. The molecule has 0 radical (unpaired) electrons. The predicted molar refractivity (Wildman–Crippen MR) is 74.2 cm³/mol. The number of nitrogens with zero attached hydrogens (tertiary/aromatic N) is 2. The zero-order valence-corrected chi connectivity index (χ0v) is 11.6. The minimum absolute atomic E-state index is 0.0623. The van der Waals surface area contributed by atoms with Gasteiger partial charge in [-0.15, -0.1) is 0 Å². The number of rotatable bonds is 5. The molecule has 2 rings (SSSR count). The van der Waals surface area contributed by atoms with Crippen LogP contribution in [0.1, 0.15) is 29.8 Å². The second-order valence-corrected chi connectivity index (χ2v) is 5.21. The molecule has 0 unspecified atom stereocenters. The first-order valence-electron chi connectivity index (χ1n) is 6.40. The third-order valence-corrected chi connectivity index (χ3v) is 3.04. The summed E-state index contributed by atoms with van der Waals surface area (Å²) in [5.74, 6) is -0.422. The van der Waals surface area contributed by atoms with Gasteiger partial charge >= 0.3 is 5.97 Å². The maximum absolute atomic E-state index is 11.9. The number of aliphatic hydroxyl groups excluding tert-OH is 1. The number of ether oxygens (including phenoxy) is 1. The molecule has 1 aromatic heterocycles. The van der Waals surface area contributed by atoms with E-state index in [0.717, 1.165) is 5.56 Å². The lowest BCUT2D eigenvalue weighted by molar-refractivity contribution is 0.0472. The third kappa shape index (κ3) is 3.24. The molecule has 20 heavy (non-hydrogen) atoms. The van der Waals surface area contributed by atoms with Crippen molar-refractivity contribution in [1.29, 1.82) is 0 Å². The Hall–Kier alpha value is -2.14. The minimum atomic E-state index is -0.544. The molecule has 106 valence electrons. The van der Waals surface area contributed by atoms with E-state index in [2.05, 4.69) is 5.10 Å². The van der Waals surface area contributed by atoms with E-state index in [1.807, 2.05) is 44.2 Å². The molecule has 0 aliphatic carbocycles. The van der Waals surface area contributed by atoms with E-state index in [-0.39, 0.29) is 13.2 Å². The van der Waals surface area contributed by atoms with E-state index in [1.165, 1.54) is 6.20 Å². The summed E-state index contributed by atoms with van der Waals surface area (Å²) >= 11 is 0. The Labute approximate surface area is 117 Å². The van der Waals surface area contributed by atoms with Crippen molar-refractivity contribution in [3.63, 3.8) is 0 Å². The Kier molecular flexibility index (Phi) is 4.20. The summed E-state index contributed by atoms with van der Waals surface area (Å²) in [6.45, 7) is 3.83. The highest BCUT2D eigenvalue weighted by molar-refractivity contribution is 5.88.